The number of amides is 2. The second-order valence-corrected chi connectivity index (χ2v) is 5.15. The minimum atomic E-state index is -0.00450. The largest absolute Gasteiger partial charge is 0.333 e. The van der Waals surface area contributed by atoms with Crippen LogP contribution in [0.4, 0.5) is 5.69 Å². The van der Waals surface area contributed by atoms with E-state index in [0.717, 1.165) is 30.9 Å². The fourth-order valence-electron chi connectivity index (χ4n) is 2.66. The maximum absolute atomic E-state index is 12.5. The summed E-state index contributed by atoms with van der Waals surface area (Å²) in [6, 6.07) is 5.67. The van der Waals surface area contributed by atoms with Crippen molar-refractivity contribution in [3.63, 3.8) is 0 Å². The van der Waals surface area contributed by atoms with Crippen molar-refractivity contribution in [2.45, 2.75) is 19.4 Å². The Kier molecular flexibility index (Phi) is 2.98. The number of carbonyl (C=O) groups is 2. The summed E-state index contributed by atoms with van der Waals surface area (Å²) in [6.45, 7) is 4.42. The van der Waals surface area contributed by atoms with Crippen LogP contribution in [0, 0.1) is 0 Å². The van der Waals surface area contributed by atoms with Gasteiger partial charge in [-0.2, -0.15) is 0 Å². The molecule has 5 heteroatoms. The molecule has 1 atom stereocenters. The van der Waals surface area contributed by atoms with Gasteiger partial charge in [-0.3, -0.25) is 9.59 Å². The van der Waals surface area contributed by atoms with Gasteiger partial charge in [-0.25, -0.2) is 0 Å². The van der Waals surface area contributed by atoms with E-state index >= 15 is 0 Å². The molecule has 100 valence electrons. The van der Waals surface area contributed by atoms with Crippen LogP contribution in [0.2, 0.25) is 0 Å². The van der Waals surface area contributed by atoms with Gasteiger partial charge in [-0.05, 0) is 24.6 Å². The molecule has 2 aliphatic rings. The highest BCUT2D eigenvalue weighted by Gasteiger charge is 2.25. The lowest BCUT2D eigenvalue weighted by Gasteiger charge is -2.34. The molecule has 2 heterocycles. The molecule has 19 heavy (non-hydrogen) atoms. The number of fused-ring (bicyclic) bond motifs is 1. The second kappa shape index (κ2) is 4.66. The van der Waals surface area contributed by atoms with E-state index < -0.39 is 0 Å². The van der Waals surface area contributed by atoms with Crippen LogP contribution < -0.4 is 10.6 Å². The van der Waals surface area contributed by atoms with Crippen LogP contribution in [0.15, 0.2) is 18.2 Å². The number of hydrogen-bond acceptors (Lipinski definition) is 3. The molecule has 1 unspecified atom stereocenters. The maximum atomic E-state index is 12.5. The third-order valence-electron chi connectivity index (χ3n) is 3.74. The van der Waals surface area contributed by atoms with Crippen LogP contribution in [0.25, 0.3) is 0 Å². The Morgan fingerprint density at radius 2 is 2.26 bits per heavy atom. The predicted molar refractivity (Wildman–Crippen MR) is 72.1 cm³/mol. The molecule has 1 aromatic rings. The first-order valence-electron chi connectivity index (χ1n) is 6.59. The third kappa shape index (κ3) is 2.21. The monoisotopic (exact) mass is 259 g/mol. The van der Waals surface area contributed by atoms with E-state index in [1.807, 2.05) is 24.0 Å². The van der Waals surface area contributed by atoms with Crippen molar-refractivity contribution in [2.24, 2.45) is 0 Å². The highest BCUT2D eigenvalue weighted by molar-refractivity contribution is 6.02. The van der Waals surface area contributed by atoms with Gasteiger partial charge in [-0.15, -0.1) is 0 Å². The van der Waals surface area contributed by atoms with E-state index in [2.05, 4.69) is 10.6 Å². The van der Waals surface area contributed by atoms with Gasteiger partial charge in [0, 0.05) is 36.9 Å². The van der Waals surface area contributed by atoms with Gasteiger partial charge in [0.25, 0.3) is 5.91 Å². The fraction of sp³-hybridized carbons (Fsp3) is 0.429. The van der Waals surface area contributed by atoms with Crippen molar-refractivity contribution in [3.8, 4) is 0 Å². The minimum Gasteiger partial charge on any atom is -0.333 e. The summed E-state index contributed by atoms with van der Waals surface area (Å²) in [5.74, 6) is 0.0353. The third-order valence-corrected chi connectivity index (χ3v) is 3.74. The van der Waals surface area contributed by atoms with Crippen molar-refractivity contribution < 1.29 is 9.59 Å². The fourth-order valence-corrected chi connectivity index (χ4v) is 2.66. The zero-order valence-corrected chi connectivity index (χ0v) is 10.9. The van der Waals surface area contributed by atoms with Crippen LogP contribution in [0.3, 0.4) is 0 Å². The smallest absolute Gasteiger partial charge is 0.254 e. The molecule has 1 aromatic carbocycles. The molecular weight excluding hydrogens is 242 g/mol. The lowest BCUT2D eigenvalue weighted by molar-refractivity contribution is -0.115. The number of piperazine rings is 1. The van der Waals surface area contributed by atoms with Gasteiger partial charge >= 0.3 is 0 Å². The number of anilines is 1. The topological polar surface area (TPSA) is 61.4 Å². The molecular formula is C14H17N3O2. The number of hydrogen-bond donors (Lipinski definition) is 2. The van der Waals surface area contributed by atoms with Crippen LogP contribution in [-0.2, 0) is 11.2 Å². The first-order valence-corrected chi connectivity index (χ1v) is 6.59. The summed E-state index contributed by atoms with van der Waals surface area (Å²) in [5.41, 5.74) is 2.39. The zero-order valence-electron chi connectivity index (χ0n) is 10.9. The molecule has 0 aromatic heterocycles. The van der Waals surface area contributed by atoms with Gasteiger partial charge in [0.05, 0.1) is 6.42 Å². The minimum absolute atomic E-state index is 0.00450. The Morgan fingerprint density at radius 3 is 3.05 bits per heavy atom. The Hall–Kier alpha value is -1.88. The Morgan fingerprint density at radius 1 is 1.42 bits per heavy atom. The van der Waals surface area contributed by atoms with Gasteiger partial charge < -0.3 is 15.5 Å². The van der Waals surface area contributed by atoms with E-state index in [1.165, 1.54) is 0 Å². The van der Waals surface area contributed by atoms with E-state index in [4.69, 9.17) is 0 Å². The Bertz CT molecular complexity index is 541. The van der Waals surface area contributed by atoms with Crippen LogP contribution >= 0.6 is 0 Å². The summed E-state index contributed by atoms with van der Waals surface area (Å²) in [6.07, 6.45) is 0.411. The highest BCUT2D eigenvalue weighted by Crippen LogP contribution is 2.25. The molecule has 0 spiro atoms. The molecule has 2 amide bonds. The Balaban J connectivity index is 1.84. The predicted octanol–water partition coefficient (Wildman–Crippen LogP) is 0.615. The lowest BCUT2D eigenvalue weighted by atomic mass is 10.1. The molecule has 5 nitrogen and oxygen atoms in total. The second-order valence-electron chi connectivity index (χ2n) is 5.15. The van der Waals surface area contributed by atoms with Gasteiger partial charge in [0.15, 0.2) is 0 Å². The summed E-state index contributed by atoms with van der Waals surface area (Å²) in [7, 11) is 0. The van der Waals surface area contributed by atoms with Crippen LogP contribution in [0.5, 0.6) is 0 Å². The van der Waals surface area contributed by atoms with E-state index in [-0.39, 0.29) is 17.9 Å². The van der Waals surface area contributed by atoms with E-state index in [9.17, 15) is 9.59 Å². The molecule has 1 saturated heterocycles. The average Bonchev–Trinajstić information content (AvgIpc) is 2.77. The number of carbonyl (C=O) groups excluding carboxylic acids is 2. The average molecular weight is 259 g/mol. The van der Waals surface area contributed by atoms with Gasteiger partial charge in [-0.1, -0.05) is 6.07 Å². The summed E-state index contributed by atoms with van der Waals surface area (Å²) >= 11 is 0. The number of nitrogens with zero attached hydrogens (tertiary/aromatic N) is 1. The first-order chi connectivity index (χ1) is 9.15. The van der Waals surface area contributed by atoms with E-state index in [0.29, 0.717) is 12.0 Å². The van der Waals surface area contributed by atoms with Crippen LogP contribution in [0.1, 0.15) is 22.8 Å². The molecule has 2 N–H and O–H groups in total. The van der Waals surface area contributed by atoms with Crippen molar-refractivity contribution in [3.05, 3.63) is 29.3 Å². The summed E-state index contributed by atoms with van der Waals surface area (Å²) in [4.78, 5) is 25.7. The molecule has 2 aliphatic heterocycles. The molecule has 0 saturated carbocycles. The molecule has 0 bridgehead atoms. The summed E-state index contributed by atoms with van der Waals surface area (Å²) < 4.78 is 0. The quantitative estimate of drug-likeness (QED) is 0.777. The molecule has 1 fully saturated rings. The number of rotatable bonds is 1. The van der Waals surface area contributed by atoms with Crippen molar-refractivity contribution in [1.82, 2.24) is 10.2 Å². The van der Waals surface area contributed by atoms with E-state index in [1.54, 1.807) is 6.07 Å². The molecule has 3 rings (SSSR count). The number of nitrogens with one attached hydrogen (secondary N) is 2. The highest BCUT2D eigenvalue weighted by atomic mass is 16.2. The zero-order chi connectivity index (χ0) is 13.4. The molecule has 0 radical (unpaired) electrons. The normalized spacial score (nSPS) is 22.1. The summed E-state index contributed by atoms with van der Waals surface area (Å²) in [5, 5.41) is 6.05. The van der Waals surface area contributed by atoms with Crippen molar-refractivity contribution in [1.29, 1.82) is 0 Å². The van der Waals surface area contributed by atoms with Crippen LogP contribution in [-0.4, -0.2) is 42.4 Å². The molecule has 0 aliphatic carbocycles. The lowest BCUT2D eigenvalue weighted by Crippen LogP contribution is -2.52. The number of benzene rings is 1. The first kappa shape index (κ1) is 12.2. The van der Waals surface area contributed by atoms with Gasteiger partial charge in [0.2, 0.25) is 5.91 Å². The maximum Gasteiger partial charge on any atom is 0.254 e. The SMILES string of the molecule is CC1CNCCN1C(=O)c1ccc2c(c1)NC(=O)C2. The Labute approximate surface area is 112 Å². The van der Waals surface area contributed by atoms with Gasteiger partial charge in [0.1, 0.15) is 0 Å². The van der Waals surface area contributed by atoms with Crippen molar-refractivity contribution >= 4 is 17.5 Å². The standard InChI is InChI=1S/C14H17N3O2/c1-9-8-15-4-5-17(9)14(19)11-3-2-10-7-13(18)16-12(10)6-11/h2-3,6,9,15H,4-5,7-8H2,1H3,(H,16,18). The van der Waals surface area contributed by atoms with Crippen molar-refractivity contribution in [2.75, 3.05) is 25.0 Å².